The second-order valence-electron chi connectivity index (χ2n) is 9.55. The van der Waals surface area contributed by atoms with E-state index in [0.29, 0.717) is 11.5 Å². The minimum atomic E-state index is -1.46. The molecule has 1 aromatic heterocycles. The summed E-state index contributed by atoms with van der Waals surface area (Å²) in [4.78, 5) is 60.7. The second kappa shape index (κ2) is 13.9. The van der Waals surface area contributed by atoms with Crippen LogP contribution in [0.5, 0.6) is 23.0 Å². The summed E-state index contributed by atoms with van der Waals surface area (Å²) in [5, 5.41) is 0.171. The lowest BCUT2D eigenvalue weighted by Gasteiger charge is -2.43. The van der Waals surface area contributed by atoms with Crippen molar-refractivity contribution in [2.45, 2.75) is 58.4 Å². The topological polar surface area (TPSA) is 172 Å². The number of carbonyl (C=O) groups is 4. The van der Waals surface area contributed by atoms with Crippen LogP contribution in [0.15, 0.2) is 57.9 Å². The predicted octanol–water partition coefficient (Wildman–Crippen LogP) is 3.06. The van der Waals surface area contributed by atoms with Crippen LogP contribution in [0, 0.1) is 0 Å². The van der Waals surface area contributed by atoms with E-state index >= 15 is 0 Å². The van der Waals surface area contributed by atoms with Crippen LogP contribution in [0.4, 0.5) is 0 Å². The van der Waals surface area contributed by atoms with E-state index in [0.717, 1.165) is 27.0 Å². The number of methoxy groups -OCH3 is 1. The van der Waals surface area contributed by atoms with Gasteiger partial charge in [0.25, 0.3) is 0 Å². The van der Waals surface area contributed by atoms with Crippen molar-refractivity contribution in [1.29, 1.82) is 0 Å². The maximum absolute atomic E-state index is 13.1. The normalized spacial score (nSPS) is 21.1. The van der Waals surface area contributed by atoms with Gasteiger partial charge in [-0.1, -0.05) is 0 Å². The van der Waals surface area contributed by atoms with Gasteiger partial charge in [-0.05, 0) is 36.4 Å². The van der Waals surface area contributed by atoms with Gasteiger partial charge in [0.15, 0.2) is 12.2 Å². The number of hydrogen-bond acceptors (Lipinski definition) is 14. The first-order valence-electron chi connectivity index (χ1n) is 13.3. The molecular weight excluding hydrogens is 584 g/mol. The fourth-order valence-electron chi connectivity index (χ4n) is 4.42. The Balaban J connectivity index is 1.65. The summed E-state index contributed by atoms with van der Waals surface area (Å²) in [7, 11) is 1.53. The maximum atomic E-state index is 13.1. The number of rotatable bonds is 10. The van der Waals surface area contributed by atoms with E-state index in [2.05, 4.69) is 0 Å². The van der Waals surface area contributed by atoms with Crippen LogP contribution in [0.1, 0.15) is 27.7 Å². The Labute approximate surface area is 250 Å². The van der Waals surface area contributed by atoms with Crippen molar-refractivity contribution < 1.29 is 61.5 Å². The molecule has 0 unspecified atom stereocenters. The highest BCUT2D eigenvalue weighted by Gasteiger charge is 2.53. The minimum absolute atomic E-state index is 0.0593. The lowest BCUT2D eigenvalue weighted by Crippen LogP contribution is -2.63. The van der Waals surface area contributed by atoms with Crippen molar-refractivity contribution in [3.8, 4) is 23.0 Å². The van der Waals surface area contributed by atoms with Crippen LogP contribution < -0.4 is 19.6 Å². The first-order chi connectivity index (χ1) is 20.9. The Hall–Kier alpha value is -5.11. The van der Waals surface area contributed by atoms with Crippen LogP contribution in [0.3, 0.4) is 0 Å². The highest BCUT2D eigenvalue weighted by atomic mass is 16.7. The third-order valence-corrected chi connectivity index (χ3v) is 6.20. The van der Waals surface area contributed by atoms with Crippen LogP contribution in [0.2, 0.25) is 0 Å². The van der Waals surface area contributed by atoms with E-state index in [1.54, 1.807) is 24.3 Å². The van der Waals surface area contributed by atoms with Crippen LogP contribution in [-0.4, -0.2) is 68.3 Å². The molecule has 1 aliphatic rings. The summed E-state index contributed by atoms with van der Waals surface area (Å²) in [6.45, 7) is 4.10. The van der Waals surface area contributed by atoms with Gasteiger partial charge < -0.3 is 42.3 Å². The molecular formula is C30H30O14. The SMILES string of the molecule is COc1ccc(Oc2coc3cc(O[C@@H]4O[C@@H](COC(C)=O)[C@@H](OC(C)=O)[C@H](OC(C)=O)[C@@H]4OC(C)=O)ccc3c2=O)cc1. The Bertz CT molecular complexity index is 1580. The van der Waals surface area contributed by atoms with Gasteiger partial charge in [0.05, 0.1) is 12.5 Å². The molecule has 0 radical (unpaired) electrons. The van der Waals surface area contributed by atoms with E-state index in [-0.39, 0.29) is 22.5 Å². The average Bonchev–Trinajstić information content (AvgIpc) is 2.96. The van der Waals surface area contributed by atoms with Crippen LogP contribution >= 0.6 is 0 Å². The summed E-state index contributed by atoms with van der Waals surface area (Å²) in [6, 6.07) is 10.9. The standard InChI is InChI=1S/C30H30O14/c1-15(31)37-14-25-27(39-16(2)32)28(40-17(3)33)29(41-18(4)34)30(44-25)43-21-10-11-22-23(12-21)38-13-24(26(22)35)42-20-8-6-19(36-5)7-9-20/h6-13,25,27-30H,14H2,1-5H3/t25-,27+,28-,29-,30+/m0/s1. The molecule has 0 spiro atoms. The van der Waals surface area contributed by atoms with Crippen molar-refractivity contribution in [2.24, 2.45) is 0 Å². The van der Waals surface area contributed by atoms with Gasteiger partial charge in [-0.3, -0.25) is 24.0 Å². The quantitative estimate of drug-likeness (QED) is 0.241. The molecule has 14 nitrogen and oxygen atoms in total. The molecule has 0 amide bonds. The molecule has 3 aromatic rings. The Kier molecular flexibility index (Phi) is 10.1. The van der Waals surface area contributed by atoms with Gasteiger partial charge in [-0.2, -0.15) is 0 Å². The molecule has 44 heavy (non-hydrogen) atoms. The highest BCUT2D eigenvalue weighted by Crippen LogP contribution is 2.32. The molecule has 1 saturated heterocycles. The van der Waals surface area contributed by atoms with Crippen molar-refractivity contribution in [3.63, 3.8) is 0 Å². The van der Waals surface area contributed by atoms with Gasteiger partial charge >= 0.3 is 23.9 Å². The van der Waals surface area contributed by atoms with Crippen LogP contribution in [0.25, 0.3) is 11.0 Å². The molecule has 1 aliphatic heterocycles. The van der Waals surface area contributed by atoms with Gasteiger partial charge in [0.2, 0.25) is 23.6 Å². The largest absolute Gasteiger partial charge is 0.497 e. The van der Waals surface area contributed by atoms with Gasteiger partial charge in [-0.25, -0.2) is 0 Å². The minimum Gasteiger partial charge on any atom is -0.497 e. The molecule has 0 bridgehead atoms. The van der Waals surface area contributed by atoms with Gasteiger partial charge in [0.1, 0.15) is 41.8 Å². The lowest BCUT2D eigenvalue weighted by atomic mass is 9.98. The van der Waals surface area contributed by atoms with E-state index < -0.39 is 66.6 Å². The fourth-order valence-corrected chi connectivity index (χ4v) is 4.42. The molecule has 14 heteroatoms. The first-order valence-corrected chi connectivity index (χ1v) is 13.3. The Morgan fingerprint density at radius 3 is 1.95 bits per heavy atom. The van der Waals surface area contributed by atoms with Gasteiger partial charge in [-0.15, -0.1) is 0 Å². The number of esters is 4. The molecule has 4 rings (SSSR count). The van der Waals surface area contributed by atoms with Crippen molar-refractivity contribution in [3.05, 3.63) is 59.0 Å². The lowest BCUT2D eigenvalue weighted by molar-refractivity contribution is -0.288. The van der Waals surface area contributed by atoms with Crippen molar-refractivity contribution in [2.75, 3.05) is 13.7 Å². The zero-order valence-corrected chi connectivity index (χ0v) is 24.4. The predicted molar refractivity (Wildman–Crippen MR) is 148 cm³/mol. The zero-order chi connectivity index (χ0) is 32.0. The summed E-state index contributed by atoms with van der Waals surface area (Å²) >= 11 is 0. The number of hydrogen-bond donors (Lipinski definition) is 0. The number of ether oxygens (including phenoxy) is 8. The number of fused-ring (bicyclic) bond motifs is 1. The molecule has 0 aliphatic carbocycles. The molecule has 0 N–H and O–H groups in total. The molecule has 5 atom stereocenters. The summed E-state index contributed by atoms with van der Waals surface area (Å²) in [6.07, 6.45) is -5.68. The van der Waals surface area contributed by atoms with Crippen molar-refractivity contribution >= 4 is 34.8 Å². The second-order valence-corrected chi connectivity index (χ2v) is 9.55. The van der Waals surface area contributed by atoms with E-state index in [4.69, 9.17) is 42.3 Å². The third kappa shape index (κ3) is 7.83. The fraction of sp³-hybridized carbons (Fsp3) is 0.367. The first kappa shape index (κ1) is 31.8. The monoisotopic (exact) mass is 614 g/mol. The molecule has 2 aromatic carbocycles. The Morgan fingerprint density at radius 2 is 1.34 bits per heavy atom. The summed E-state index contributed by atoms with van der Waals surface area (Å²) in [5.41, 5.74) is -0.332. The van der Waals surface area contributed by atoms with E-state index in [9.17, 15) is 24.0 Å². The number of benzene rings is 2. The molecule has 0 saturated carbocycles. The smallest absolute Gasteiger partial charge is 0.303 e. The zero-order valence-electron chi connectivity index (χ0n) is 24.4. The maximum Gasteiger partial charge on any atom is 0.303 e. The molecule has 2 heterocycles. The molecule has 234 valence electrons. The molecule has 1 fully saturated rings. The summed E-state index contributed by atoms with van der Waals surface area (Å²) < 4.78 is 49.6. The van der Waals surface area contributed by atoms with Crippen molar-refractivity contribution in [1.82, 2.24) is 0 Å². The van der Waals surface area contributed by atoms with Gasteiger partial charge in [0, 0.05) is 33.8 Å². The Morgan fingerprint density at radius 1 is 0.750 bits per heavy atom. The number of carbonyl (C=O) groups excluding carboxylic acids is 4. The third-order valence-electron chi connectivity index (χ3n) is 6.20. The van der Waals surface area contributed by atoms with E-state index in [1.165, 1.54) is 32.2 Å². The highest BCUT2D eigenvalue weighted by molar-refractivity contribution is 5.79. The van der Waals surface area contributed by atoms with E-state index in [1.807, 2.05) is 0 Å². The average molecular weight is 615 g/mol. The van der Waals surface area contributed by atoms with Crippen LogP contribution in [-0.2, 0) is 42.9 Å². The summed E-state index contributed by atoms with van der Waals surface area (Å²) in [5.74, 6) is -1.92.